The monoisotopic (exact) mass is 1690 g/mol. The molecule has 0 spiro atoms. The van der Waals surface area contributed by atoms with Crippen molar-refractivity contribution < 1.29 is 9.53 Å². The van der Waals surface area contributed by atoms with Crippen molar-refractivity contribution in [3.8, 4) is 67.5 Å². The van der Waals surface area contributed by atoms with Crippen molar-refractivity contribution in [1.29, 1.82) is 0 Å². The zero-order valence-corrected chi connectivity index (χ0v) is 71.9. The summed E-state index contributed by atoms with van der Waals surface area (Å²) >= 11 is 1.80. The zero-order chi connectivity index (χ0) is 85.4. The number of carbonyl (C=O) groups excluding carboxylic acids is 1. The van der Waals surface area contributed by atoms with Crippen LogP contribution in [0.3, 0.4) is 0 Å². The van der Waals surface area contributed by atoms with Crippen LogP contribution >= 0.6 is 11.3 Å². The summed E-state index contributed by atoms with van der Waals surface area (Å²) in [4.78, 5) is 73.3. The number of ether oxygens (including phenoxy) is 1. The van der Waals surface area contributed by atoms with Gasteiger partial charge in [-0.15, -0.1) is 11.3 Å². The molecule has 3 saturated carbocycles. The van der Waals surface area contributed by atoms with Crippen molar-refractivity contribution in [2.75, 3.05) is 69.6 Å². The molecule has 126 heavy (non-hydrogen) atoms. The van der Waals surface area contributed by atoms with E-state index in [-0.39, 0.29) is 6.09 Å². The van der Waals surface area contributed by atoms with Gasteiger partial charge in [0.1, 0.15) is 80.0 Å². The molecule has 25 heteroatoms. The van der Waals surface area contributed by atoms with Gasteiger partial charge in [0.15, 0.2) is 0 Å². The quantitative estimate of drug-likeness (QED) is 0.0502. The van der Waals surface area contributed by atoms with Gasteiger partial charge in [0.2, 0.25) is 0 Å². The fraction of sp³-hybridized carbons (Fsp3) is 0.287. The second-order valence-electron chi connectivity index (χ2n) is 35.1. The number of carbonyl (C=O) groups is 1. The highest BCUT2D eigenvalue weighted by Gasteiger charge is 2.41. The maximum atomic E-state index is 12.4. The summed E-state index contributed by atoms with van der Waals surface area (Å²) < 4.78 is 12.0. The van der Waals surface area contributed by atoms with Crippen LogP contribution in [-0.4, -0.2) is 165 Å². The molecule has 0 atom stereocenters. The zero-order valence-electron chi connectivity index (χ0n) is 71.1. The Hall–Kier alpha value is -13.3. The van der Waals surface area contributed by atoms with Crippen LogP contribution in [0.4, 0.5) is 22.2 Å². The van der Waals surface area contributed by atoms with Gasteiger partial charge in [0.25, 0.3) is 0 Å². The topological polar surface area (TPSA) is 293 Å². The lowest BCUT2D eigenvalue weighted by Crippen LogP contribution is -2.52. The van der Waals surface area contributed by atoms with Crippen LogP contribution in [-0.2, 0) is 17.7 Å². The Morgan fingerprint density at radius 2 is 0.865 bits per heavy atom. The molecule has 17 aromatic rings. The molecular weight excluding hydrogens is 1590 g/mol. The van der Waals surface area contributed by atoms with Crippen molar-refractivity contribution in [2.45, 2.75) is 127 Å². The van der Waals surface area contributed by atoms with Gasteiger partial charge in [0, 0.05) is 192 Å². The number of hydrogen-bond acceptors (Lipinski definition) is 21. The number of thiophene rings is 1. The van der Waals surface area contributed by atoms with Crippen LogP contribution in [0, 0.1) is 5.92 Å². The van der Waals surface area contributed by atoms with E-state index in [9.17, 15) is 4.79 Å². The number of anilines is 3. The third kappa shape index (κ3) is 17.3. The molecule has 3 aliphatic carbocycles. The Bertz CT molecular complexity index is 6730. The first-order valence-electron chi connectivity index (χ1n) is 44.1. The number of pyridine rings is 3. The van der Waals surface area contributed by atoms with Crippen molar-refractivity contribution in [3.05, 3.63) is 283 Å². The Morgan fingerprint density at radius 1 is 0.444 bits per heavy atom. The van der Waals surface area contributed by atoms with Gasteiger partial charge in [0.05, 0.1) is 33.6 Å². The minimum atomic E-state index is -0.465. The van der Waals surface area contributed by atoms with Gasteiger partial charge in [-0.1, -0.05) is 152 Å². The van der Waals surface area contributed by atoms with Crippen molar-refractivity contribution >= 4 is 84.1 Å². The van der Waals surface area contributed by atoms with E-state index in [0.29, 0.717) is 72.3 Å². The standard InChI is InChI=1S/C36H42N8O2.C35H34N8.C30H26N6S/c1-36(2,3)46-35(45)43-19-17-42(18-20-43)15-13-38-28-21-27(22-28)34-41-31(32-33(37)39-14-16-44(32)34)26-10-9-25-11-12-29(40-30(25)23-26)24-7-5-4-6-8-24;36-34-33-32(26-8-7-25-9-10-29(40-30(25)22-26)24-5-2-1-3-6-24)41-35(43(33)18-15-39-34)27-20-28(21-27)42-16-11-23(12-17-42)19-31-37-13-4-14-38-31;31-29-28-27(21-9-8-20-10-11-25(34-26(20)17-21)19-5-2-1-3-6-19)35-30(36(28)13-12-32-29)22-15-23(16-22)33-18-24-7-4-14-37-24/h4-12,14,16,23,27-28,38H,13,15,17-22H2,1-3H3,(H2,37,39);1-10,13-15,18,22-23,27-28H,11-12,16-17,19-21H2,(H2,36,39);1-14,17,22-23,33H,15-16,18H2,(H2,31,32). The maximum Gasteiger partial charge on any atom is 0.410 e. The number of piperidine rings is 1. The summed E-state index contributed by atoms with van der Waals surface area (Å²) in [5.74, 6) is 7.39. The number of fused-ring (bicyclic) bond motifs is 6. The molecule has 22 rings (SSSR count). The number of nitrogens with one attached hydrogen (secondary N) is 2. The lowest BCUT2D eigenvalue weighted by Gasteiger charge is -2.45. The van der Waals surface area contributed by atoms with E-state index in [1.807, 2.05) is 117 Å². The number of imidazole rings is 3. The molecule has 5 aliphatic rings. The highest BCUT2D eigenvalue weighted by Crippen LogP contribution is 2.46. The van der Waals surface area contributed by atoms with Gasteiger partial charge in [-0.25, -0.2) is 59.6 Å². The molecule has 0 unspecified atom stereocenters. The average molecular weight is 1690 g/mol. The fourth-order valence-electron chi connectivity index (χ4n) is 18.7. The number of nitrogens with two attached hydrogens (primary N) is 3. The molecule has 13 heterocycles. The molecule has 1 amide bonds. The van der Waals surface area contributed by atoms with E-state index in [1.165, 1.54) is 17.7 Å². The van der Waals surface area contributed by atoms with E-state index in [4.69, 9.17) is 51.8 Å². The Morgan fingerprint density at radius 3 is 1.29 bits per heavy atom. The SMILES string of the molecule is CC(C)(C)OC(=O)N1CCN(CCNC2CC(c3nc(-c4ccc5ccc(-c6ccccc6)nc5c4)c4c(N)nccn34)C2)CC1.Nc1nccn2c(C3CC(N4CCC(Cc5ncccn5)CC4)C3)nc(-c3ccc4ccc(-c5ccccc5)nc4c3)c12.Nc1nccn2c(C3CC(NCc4cccs4)C3)nc(-c3ccc4ccc(-c5ccccc5)nc4c3)c12. The average Bonchev–Trinajstić information content (AvgIpc) is 1.60. The van der Waals surface area contributed by atoms with Gasteiger partial charge in [-0.2, -0.15) is 0 Å². The lowest BCUT2D eigenvalue weighted by molar-refractivity contribution is 0.0145. The van der Waals surface area contributed by atoms with E-state index >= 15 is 0 Å². The summed E-state index contributed by atoms with van der Waals surface area (Å²) in [6.07, 6.45) is 24.5. The summed E-state index contributed by atoms with van der Waals surface area (Å²) in [6.45, 7) is 14.0. The number of hydrogen-bond donors (Lipinski definition) is 5. The van der Waals surface area contributed by atoms with Crippen LogP contribution in [0.2, 0.25) is 0 Å². The predicted octanol–water partition coefficient (Wildman–Crippen LogP) is 18.1. The number of nitrogen functional groups attached to an aromatic ring is 3. The minimum absolute atomic E-state index is 0.215. The highest BCUT2D eigenvalue weighted by atomic mass is 32.1. The van der Waals surface area contributed by atoms with E-state index in [2.05, 4.69) is 203 Å². The third-order valence-corrected chi connectivity index (χ3v) is 26.6. The maximum absolute atomic E-state index is 12.4. The van der Waals surface area contributed by atoms with Crippen LogP contribution in [0.5, 0.6) is 0 Å². The Labute approximate surface area is 735 Å². The molecule has 8 N–H and O–H groups in total. The molecule has 11 aromatic heterocycles. The second kappa shape index (κ2) is 35.4. The van der Waals surface area contributed by atoms with E-state index in [1.54, 1.807) is 29.9 Å². The van der Waals surface area contributed by atoms with Gasteiger partial charge >= 0.3 is 6.09 Å². The lowest BCUT2D eigenvalue weighted by atomic mass is 9.77. The number of benzene rings is 6. The van der Waals surface area contributed by atoms with Crippen molar-refractivity contribution in [2.24, 2.45) is 5.92 Å². The number of likely N-dealkylation sites (tertiary alicyclic amines) is 1. The summed E-state index contributed by atoms with van der Waals surface area (Å²) in [7, 11) is 0. The first kappa shape index (κ1) is 81.1. The van der Waals surface area contributed by atoms with Crippen molar-refractivity contribution in [1.82, 2.24) is 93.4 Å². The molecule has 0 bridgehead atoms. The van der Waals surface area contributed by atoms with Gasteiger partial charge in [-0.05, 0) is 145 Å². The van der Waals surface area contributed by atoms with Crippen LogP contribution in [0.25, 0.3) is 117 Å². The molecule has 2 aliphatic heterocycles. The normalized spacial score (nSPS) is 18.7. The van der Waals surface area contributed by atoms with Gasteiger partial charge in [-0.3, -0.25) is 18.1 Å². The summed E-state index contributed by atoms with van der Waals surface area (Å²) in [5.41, 5.74) is 36.0. The number of piperazine rings is 1. The van der Waals surface area contributed by atoms with Gasteiger partial charge < -0.3 is 42.4 Å². The number of nitrogens with zero attached hydrogens (tertiary/aromatic N) is 17. The summed E-state index contributed by atoms with van der Waals surface area (Å²) in [5, 5.41) is 12.8. The first-order valence-corrected chi connectivity index (χ1v) is 45.0. The molecule has 24 nitrogen and oxygen atoms in total. The van der Waals surface area contributed by atoms with Crippen LogP contribution in [0.15, 0.2) is 255 Å². The number of amides is 1. The molecular formula is C101H102N22O2S. The molecule has 6 aromatic carbocycles. The third-order valence-electron chi connectivity index (χ3n) is 25.7. The molecule has 5 fully saturated rings. The number of rotatable bonds is 19. The first-order chi connectivity index (χ1) is 61.6. The highest BCUT2D eigenvalue weighted by molar-refractivity contribution is 7.09. The minimum Gasteiger partial charge on any atom is -0.444 e. The molecule has 2 saturated heterocycles. The number of aromatic nitrogens is 14. The Kier molecular flexibility index (Phi) is 22.8. The van der Waals surface area contributed by atoms with Crippen LogP contribution < -0.4 is 27.8 Å². The second-order valence-corrected chi connectivity index (χ2v) is 36.1. The van der Waals surface area contributed by atoms with Crippen molar-refractivity contribution in [3.63, 3.8) is 0 Å². The largest absolute Gasteiger partial charge is 0.444 e. The van der Waals surface area contributed by atoms with E-state index in [0.717, 1.165) is 231 Å². The Balaban J connectivity index is 0.000000120. The van der Waals surface area contributed by atoms with E-state index < -0.39 is 5.60 Å². The molecule has 634 valence electrons. The smallest absolute Gasteiger partial charge is 0.410 e. The fourth-order valence-corrected chi connectivity index (χ4v) is 19.4. The predicted molar refractivity (Wildman–Crippen MR) is 501 cm³/mol. The summed E-state index contributed by atoms with van der Waals surface area (Å²) in [6, 6.07) is 70.1. The van der Waals surface area contributed by atoms with Crippen LogP contribution in [0.1, 0.15) is 118 Å². The molecule has 0 radical (unpaired) electrons.